The van der Waals surface area contributed by atoms with Gasteiger partial charge in [0.2, 0.25) is 0 Å². The summed E-state index contributed by atoms with van der Waals surface area (Å²) in [6.45, 7) is 3.56. The van der Waals surface area contributed by atoms with E-state index in [-0.39, 0.29) is 14.9 Å². The lowest BCUT2D eigenvalue weighted by Crippen LogP contribution is -2.14. The number of hydrogen-bond acceptors (Lipinski definition) is 4. The first-order valence-electron chi connectivity index (χ1n) is 6.63. The molecule has 0 aliphatic carbocycles. The third-order valence-electron chi connectivity index (χ3n) is 3.45. The minimum Gasteiger partial charge on any atom is -0.356 e. The van der Waals surface area contributed by atoms with Crippen molar-refractivity contribution in [1.29, 1.82) is 0 Å². The summed E-state index contributed by atoms with van der Waals surface area (Å²) >= 11 is 11.9. The molecule has 23 heavy (non-hydrogen) atoms. The van der Waals surface area contributed by atoms with E-state index in [4.69, 9.17) is 27.7 Å². The Bertz CT molecular complexity index is 1010. The Balaban J connectivity index is 2.08. The maximum Gasteiger partial charge on any atom is 0.263 e. The van der Waals surface area contributed by atoms with Crippen molar-refractivity contribution in [3.8, 4) is 0 Å². The van der Waals surface area contributed by atoms with Crippen molar-refractivity contribution in [3.05, 3.63) is 51.6 Å². The highest BCUT2D eigenvalue weighted by molar-refractivity contribution is 7.92. The second kappa shape index (κ2) is 5.70. The molecule has 0 atom stereocenters. The summed E-state index contributed by atoms with van der Waals surface area (Å²) in [5.41, 5.74) is 2.42. The van der Waals surface area contributed by atoms with E-state index in [0.29, 0.717) is 22.5 Å². The first kappa shape index (κ1) is 16.1. The molecule has 0 saturated heterocycles. The number of benzene rings is 2. The number of rotatable bonds is 3. The summed E-state index contributed by atoms with van der Waals surface area (Å²) in [6.07, 6.45) is 0. The Hall–Kier alpha value is -1.76. The monoisotopic (exact) mass is 370 g/mol. The number of sulfonamides is 1. The highest BCUT2D eigenvalue weighted by atomic mass is 35.5. The molecule has 8 heteroatoms. The Morgan fingerprint density at radius 2 is 1.91 bits per heavy atom. The van der Waals surface area contributed by atoms with Crippen LogP contribution in [0.4, 0.5) is 5.69 Å². The standard InChI is InChI=1S/C15H12Cl2N2O3S/c1-8-6-13-10(9(2)18-22-13)7-12(8)19-23(20,21)14-5-3-4-11(16)15(14)17/h3-7,19H,1-2H3. The smallest absolute Gasteiger partial charge is 0.263 e. The van der Waals surface area contributed by atoms with Crippen LogP contribution in [0.5, 0.6) is 0 Å². The lowest BCUT2D eigenvalue weighted by atomic mass is 10.1. The van der Waals surface area contributed by atoms with Gasteiger partial charge in [-0.05, 0) is 43.7 Å². The summed E-state index contributed by atoms with van der Waals surface area (Å²) in [5, 5.41) is 4.77. The van der Waals surface area contributed by atoms with Crippen molar-refractivity contribution >= 4 is 49.9 Å². The molecule has 0 amide bonds. The number of nitrogens with one attached hydrogen (secondary N) is 1. The SMILES string of the molecule is Cc1cc2onc(C)c2cc1NS(=O)(=O)c1cccc(Cl)c1Cl. The van der Waals surface area contributed by atoms with Gasteiger partial charge < -0.3 is 4.52 Å². The van der Waals surface area contributed by atoms with Crippen LogP contribution in [-0.4, -0.2) is 13.6 Å². The maximum absolute atomic E-state index is 12.6. The lowest BCUT2D eigenvalue weighted by Gasteiger charge is -2.12. The number of hydrogen-bond donors (Lipinski definition) is 1. The van der Waals surface area contributed by atoms with Crippen molar-refractivity contribution in [1.82, 2.24) is 5.16 Å². The molecule has 1 heterocycles. The summed E-state index contributed by atoms with van der Waals surface area (Å²) in [7, 11) is -3.87. The fourth-order valence-electron chi connectivity index (χ4n) is 2.21. The van der Waals surface area contributed by atoms with Crippen molar-refractivity contribution in [3.63, 3.8) is 0 Å². The average molecular weight is 371 g/mol. The van der Waals surface area contributed by atoms with E-state index >= 15 is 0 Å². The van der Waals surface area contributed by atoms with Crippen LogP contribution in [0.1, 0.15) is 11.3 Å². The summed E-state index contributed by atoms with van der Waals surface area (Å²) < 4.78 is 32.9. The topological polar surface area (TPSA) is 72.2 Å². The van der Waals surface area contributed by atoms with Crippen LogP contribution < -0.4 is 4.72 Å². The Morgan fingerprint density at radius 3 is 2.65 bits per heavy atom. The molecule has 1 aromatic heterocycles. The fraction of sp³-hybridized carbons (Fsp3) is 0.133. The normalized spacial score (nSPS) is 11.8. The first-order valence-corrected chi connectivity index (χ1v) is 8.87. The van der Waals surface area contributed by atoms with Crippen molar-refractivity contribution in [2.45, 2.75) is 18.7 Å². The molecule has 0 aliphatic rings. The molecule has 0 unspecified atom stereocenters. The van der Waals surface area contributed by atoms with Gasteiger partial charge in [0.25, 0.3) is 10.0 Å². The predicted molar refractivity (Wildman–Crippen MR) is 90.8 cm³/mol. The molecular formula is C15H12Cl2N2O3S. The van der Waals surface area contributed by atoms with E-state index in [1.165, 1.54) is 18.2 Å². The summed E-state index contributed by atoms with van der Waals surface area (Å²) in [5.74, 6) is 0. The second-order valence-electron chi connectivity index (χ2n) is 5.09. The van der Waals surface area contributed by atoms with E-state index in [9.17, 15) is 8.42 Å². The lowest BCUT2D eigenvalue weighted by molar-refractivity contribution is 0.450. The summed E-state index contributed by atoms with van der Waals surface area (Å²) in [4.78, 5) is -0.0757. The first-order chi connectivity index (χ1) is 10.8. The zero-order valence-electron chi connectivity index (χ0n) is 12.2. The molecule has 0 bridgehead atoms. The largest absolute Gasteiger partial charge is 0.356 e. The molecule has 120 valence electrons. The molecule has 1 N–H and O–H groups in total. The molecule has 0 spiro atoms. The molecule has 0 saturated carbocycles. The average Bonchev–Trinajstić information content (AvgIpc) is 2.82. The van der Waals surface area contributed by atoms with Gasteiger partial charge in [0.05, 0.1) is 21.4 Å². The quantitative estimate of drug-likeness (QED) is 0.733. The maximum atomic E-state index is 12.6. The van der Waals surface area contributed by atoms with E-state index in [0.717, 1.165) is 5.39 Å². The van der Waals surface area contributed by atoms with Crippen molar-refractivity contribution < 1.29 is 12.9 Å². The molecule has 2 aromatic carbocycles. The molecule has 3 rings (SSSR count). The van der Waals surface area contributed by atoms with Gasteiger partial charge in [-0.1, -0.05) is 34.4 Å². The number of fused-ring (bicyclic) bond motifs is 1. The van der Waals surface area contributed by atoms with E-state index in [1.807, 2.05) is 0 Å². The van der Waals surface area contributed by atoms with E-state index < -0.39 is 10.0 Å². The van der Waals surface area contributed by atoms with Gasteiger partial charge in [-0.15, -0.1) is 0 Å². The Labute approximate surface area is 143 Å². The number of aryl methyl sites for hydroxylation is 2. The highest BCUT2D eigenvalue weighted by Gasteiger charge is 2.21. The minimum absolute atomic E-state index is 0.0124. The number of nitrogens with zero attached hydrogens (tertiary/aromatic N) is 1. The minimum atomic E-state index is -3.87. The Morgan fingerprint density at radius 1 is 1.17 bits per heavy atom. The van der Waals surface area contributed by atoms with Crippen LogP contribution >= 0.6 is 23.2 Å². The van der Waals surface area contributed by atoms with Gasteiger partial charge in [0.15, 0.2) is 5.58 Å². The van der Waals surface area contributed by atoms with E-state index in [2.05, 4.69) is 9.88 Å². The van der Waals surface area contributed by atoms with Gasteiger partial charge >= 0.3 is 0 Å². The molecule has 0 fully saturated rings. The predicted octanol–water partition coefficient (Wildman–Crippen LogP) is 4.55. The van der Waals surface area contributed by atoms with Crippen molar-refractivity contribution in [2.75, 3.05) is 4.72 Å². The van der Waals surface area contributed by atoms with Crippen LogP contribution in [-0.2, 0) is 10.0 Å². The zero-order valence-corrected chi connectivity index (χ0v) is 14.6. The van der Waals surface area contributed by atoms with E-state index in [1.54, 1.807) is 26.0 Å². The number of anilines is 1. The van der Waals surface area contributed by atoms with Gasteiger partial charge in [-0.2, -0.15) is 0 Å². The van der Waals surface area contributed by atoms with Crippen LogP contribution in [0.3, 0.4) is 0 Å². The highest BCUT2D eigenvalue weighted by Crippen LogP contribution is 2.32. The van der Waals surface area contributed by atoms with Crippen LogP contribution in [0.2, 0.25) is 10.0 Å². The van der Waals surface area contributed by atoms with Crippen LogP contribution in [0.15, 0.2) is 39.8 Å². The second-order valence-corrected chi connectivity index (χ2v) is 7.52. The molecule has 3 aromatic rings. The van der Waals surface area contributed by atoms with Gasteiger partial charge in [0, 0.05) is 5.39 Å². The van der Waals surface area contributed by atoms with Crippen LogP contribution in [0.25, 0.3) is 11.0 Å². The number of halogens is 2. The fourth-order valence-corrected chi connectivity index (χ4v) is 4.09. The van der Waals surface area contributed by atoms with Gasteiger partial charge in [0.1, 0.15) is 4.90 Å². The molecule has 5 nitrogen and oxygen atoms in total. The third-order valence-corrected chi connectivity index (χ3v) is 5.79. The molecule has 0 radical (unpaired) electrons. The molecular weight excluding hydrogens is 359 g/mol. The zero-order chi connectivity index (χ0) is 16.8. The van der Waals surface area contributed by atoms with Gasteiger partial charge in [-0.3, -0.25) is 4.72 Å². The van der Waals surface area contributed by atoms with Crippen molar-refractivity contribution in [2.24, 2.45) is 0 Å². The summed E-state index contributed by atoms with van der Waals surface area (Å²) in [6, 6.07) is 7.87. The van der Waals surface area contributed by atoms with Gasteiger partial charge in [-0.25, -0.2) is 8.42 Å². The molecule has 0 aliphatic heterocycles. The Kier molecular flexibility index (Phi) is 4.00. The van der Waals surface area contributed by atoms with Crippen LogP contribution in [0, 0.1) is 13.8 Å². The third kappa shape index (κ3) is 2.89. The number of aromatic nitrogens is 1.